The van der Waals surface area contributed by atoms with E-state index >= 15 is 0 Å². The molecule has 0 bridgehead atoms. The maximum absolute atomic E-state index is 12.7. The molecule has 1 amide bonds. The lowest BCUT2D eigenvalue weighted by Gasteiger charge is -2.21. The highest BCUT2D eigenvalue weighted by Gasteiger charge is 2.18. The van der Waals surface area contributed by atoms with Crippen molar-refractivity contribution < 1.29 is 4.79 Å². The van der Waals surface area contributed by atoms with Crippen molar-refractivity contribution in [1.29, 1.82) is 0 Å². The molecule has 0 saturated carbocycles. The van der Waals surface area contributed by atoms with Gasteiger partial charge in [0, 0.05) is 30.4 Å². The van der Waals surface area contributed by atoms with E-state index in [1.54, 1.807) is 23.7 Å². The Kier molecular flexibility index (Phi) is 5.75. The van der Waals surface area contributed by atoms with Gasteiger partial charge in [-0.1, -0.05) is 13.0 Å². The lowest BCUT2D eigenvalue weighted by molar-refractivity contribution is 0.0754. The summed E-state index contributed by atoms with van der Waals surface area (Å²) in [6.07, 6.45) is 4.38. The largest absolute Gasteiger partial charge is 0.384 e. The SMILES string of the molecule is CCCNc1ccncc1C(=O)N(CC)Cc1cccs1. The highest BCUT2D eigenvalue weighted by molar-refractivity contribution is 7.09. The molecule has 0 atom stereocenters. The van der Waals surface area contributed by atoms with Gasteiger partial charge in [-0.15, -0.1) is 11.3 Å². The van der Waals surface area contributed by atoms with Crippen molar-refractivity contribution in [2.45, 2.75) is 26.8 Å². The van der Waals surface area contributed by atoms with Crippen LogP contribution >= 0.6 is 11.3 Å². The Balaban J connectivity index is 2.17. The summed E-state index contributed by atoms with van der Waals surface area (Å²) in [6.45, 7) is 6.28. The molecule has 112 valence electrons. The van der Waals surface area contributed by atoms with Crippen molar-refractivity contribution in [3.05, 3.63) is 46.4 Å². The second-order valence-electron chi connectivity index (χ2n) is 4.75. The third-order valence-electron chi connectivity index (χ3n) is 3.21. The van der Waals surface area contributed by atoms with Crippen LogP contribution in [-0.4, -0.2) is 28.9 Å². The molecule has 0 aliphatic rings. The molecule has 2 aromatic heterocycles. The van der Waals surface area contributed by atoms with Crippen LogP contribution in [0, 0.1) is 0 Å². The smallest absolute Gasteiger partial charge is 0.257 e. The number of hydrogen-bond donors (Lipinski definition) is 1. The number of nitrogens with one attached hydrogen (secondary N) is 1. The third-order valence-corrected chi connectivity index (χ3v) is 4.07. The Morgan fingerprint density at radius 3 is 2.90 bits per heavy atom. The lowest BCUT2D eigenvalue weighted by Crippen LogP contribution is -2.30. The van der Waals surface area contributed by atoms with E-state index in [2.05, 4.69) is 23.3 Å². The molecule has 4 nitrogen and oxygen atoms in total. The van der Waals surface area contributed by atoms with Crippen LogP contribution in [-0.2, 0) is 6.54 Å². The first kappa shape index (κ1) is 15.5. The molecule has 21 heavy (non-hydrogen) atoms. The number of carbonyl (C=O) groups excluding carboxylic acids is 1. The molecule has 0 spiro atoms. The Morgan fingerprint density at radius 2 is 2.24 bits per heavy atom. The van der Waals surface area contributed by atoms with Crippen molar-refractivity contribution in [1.82, 2.24) is 9.88 Å². The molecule has 0 aromatic carbocycles. The summed E-state index contributed by atoms with van der Waals surface area (Å²) in [4.78, 5) is 19.9. The van der Waals surface area contributed by atoms with E-state index in [1.165, 1.54) is 4.88 Å². The fourth-order valence-corrected chi connectivity index (χ4v) is 2.79. The number of carbonyl (C=O) groups is 1. The summed E-state index contributed by atoms with van der Waals surface area (Å²) in [7, 11) is 0. The van der Waals surface area contributed by atoms with Crippen LogP contribution in [0.2, 0.25) is 0 Å². The minimum absolute atomic E-state index is 0.0256. The maximum atomic E-state index is 12.7. The first-order chi connectivity index (χ1) is 10.3. The molecule has 0 fully saturated rings. The van der Waals surface area contributed by atoms with Crippen LogP contribution in [0.1, 0.15) is 35.5 Å². The molecule has 0 aliphatic carbocycles. The van der Waals surface area contributed by atoms with Crippen LogP contribution < -0.4 is 5.32 Å². The minimum Gasteiger partial charge on any atom is -0.384 e. The number of nitrogens with zero attached hydrogens (tertiary/aromatic N) is 2. The van der Waals surface area contributed by atoms with E-state index in [0.717, 1.165) is 18.7 Å². The van der Waals surface area contributed by atoms with Crippen molar-refractivity contribution in [3.63, 3.8) is 0 Å². The summed E-state index contributed by atoms with van der Waals surface area (Å²) in [5.74, 6) is 0.0256. The van der Waals surface area contributed by atoms with Gasteiger partial charge in [0.1, 0.15) is 0 Å². The van der Waals surface area contributed by atoms with E-state index in [9.17, 15) is 4.79 Å². The molecule has 5 heteroatoms. The van der Waals surface area contributed by atoms with Gasteiger partial charge in [0.05, 0.1) is 17.8 Å². The van der Waals surface area contributed by atoms with E-state index < -0.39 is 0 Å². The van der Waals surface area contributed by atoms with E-state index in [0.29, 0.717) is 18.7 Å². The predicted molar refractivity (Wildman–Crippen MR) is 87.8 cm³/mol. The Morgan fingerprint density at radius 1 is 1.38 bits per heavy atom. The molecule has 0 unspecified atom stereocenters. The van der Waals surface area contributed by atoms with Gasteiger partial charge in [0.15, 0.2) is 0 Å². The fourth-order valence-electron chi connectivity index (χ4n) is 2.07. The van der Waals surface area contributed by atoms with Gasteiger partial charge >= 0.3 is 0 Å². The van der Waals surface area contributed by atoms with Crippen LogP contribution in [0.15, 0.2) is 36.0 Å². The van der Waals surface area contributed by atoms with Gasteiger partial charge in [0.2, 0.25) is 0 Å². The van der Waals surface area contributed by atoms with Crippen molar-refractivity contribution in [2.24, 2.45) is 0 Å². The van der Waals surface area contributed by atoms with Crippen molar-refractivity contribution in [2.75, 3.05) is 18.4 Å². The van der Waals surface area contributed by atoms with E-state index in [4.69, 9.17) is 0 Å². The highest BCUT2D eigenvalue weighted by Crippen LogP contribution is 2.19. The molecule has 2 heterocycles. The number of pyridine rings is 1. The summed E-state index contributed by atoms with van der Waals surface area (Å²) in [5.41, 5.74) is 1.51. The highest BCUT2D eigenvalue weighted by atomic mass is 32.1. The molecular weight excluding hydrogens is 282 g/mol. The molecule has 2 aromatic rings. The quantitative estimate of drug-likeness (QED) is 0.849. The maximum Gasteiger partial charge on any atom is 0.257 e. The standard InChI is InChI=1S/C16H21N3OS/c1-3-8-18-15-7-9-17-11-14(15)16(20)19(4-2)12-13-6-5-10-21-13/h5-7,9-11H,3-4,8,12H2,1-2H3,(H,17,18). The van der Waals surface area contributed by atoms with Gasteiger partial charge in [-0.05, 0) is 30.9 Å². The second kappa shape index (κ2) is 7.78. The summed E-state index contributed by atoms with van der Waals surface area (Å²) >= 11 is 1.67. The van der Waals surface area contributed by atoms with Crippen LogP contribution in [0.25, 0.3) is 0 Å². The number of rotatable bonds is 7. The first-order valence-electron chi connectivity index (χ1n) is 7.25. The Labute approximate surface area is 129 Å². The fraction of sp³-hybridized carbons (Fsp3) is 0.375. The third kappa shape index (κ3) is 4.04. The monoisotopic (exact) mass is 303 g/mol. The van der Waals surface area contributed by atoms with Crippen LogP contribution in [0.3, 0.4) is 0 Å². The van der Waals surface area contributed by atoms with E-state index in [1.807, 2.05) is 29.3 Å². The normalized spacial score (nSPS) is 10.4. The number of aromatic nitrogens is 1. The Hall–Kier alpha value is -1.88. The van der Waals surface area contributed by atoms with Crippen LogP contribution in [0.5, 0.6) is 0 Å². The summed E-state index contributed by atoms with van der Waals surface area (Å²) < 4.78 is 0. The van der Waals surface area contributed by atoms with Gasteiger partial charge in [-0.2, -0.15) is 0 Å². The Bertz CT molecular complexity index is 569. The minimum atomic E-state index is 0.0256. The second-order valence-corrected chi connectivity index (χ2v) is 5.78. The molecule has 0 saturated heterocycles. The molecular formula is C16H21N3OS. The van der Waals surface area contributed by atoms with Crippen molar-refractivity contribution >= 4 is 22.9 Å². The molecule has 0 radical (unpaired) electrons. The van der Waals surface area contributed by atoms with Gasteiger partial charge < -0.3 is 10.2 Å². The average molecular weight is 303 g/mol. The van der Waals surface area contributed by atoms with Crippen LogP contribution in [0.4, 0.5) is 5.69 Å². The topological polar surface area (TPSA) is 45.2 Å². The number of hydrogen-bond acceptors (Lipinski definition) is 4. The van der Waals surface area contributed by atoms with Gasteiger partial charge in [0.25, 0.3) is 5.91 Å². The average Bonchev–Trinajstić information content (AvgIpc) is 3.03. The zero-order valence-corrected chi connectivity index (χ0v) is 13.3. The van der Waals surface area contributed by atoms with Gasteiger partial charge in [-0.3, -0.25) is 9.78 Å². The first-order valence-corrected chi connectivity index (χ1v) is 8.13. The number of amides is 1. The predicted octanol–water partition coefficient (Wildman–Crippen LogP) is 3.63. The van der Waals surface area contributed by atoms with E-state index in [-0.39, 0.29) is 5.91 Å². The van der Waals surface area contributed by atoms with Gasteiger partial charge in [-0.25, -0.2) is 0 Å². The number of thiophene rings is 1. The zero-order valence-electron chi connectivity index (χ0n) is 12.5. The molecule has 0 aliphatic heterocycles. The van der Waals surface area contributed by atoms with Crippen molar-refractivity contribution in [3.8, 4) is 0 Å². The zero-order chi connectivity index (χ0) is 15.1. The number of anilines is 1. The summed E-state index contributed by atoms with van der Waals surface area (Å²) in [5, 5.41) is 5.33. The molecule has 2 rings (SSSR count). The molecule has 1 N–H and O–H groups in total. The lowest BCUT2D eigenvalue weighted by atomic mass is 10.2. The summed E-state index contributed by atoms with van der Waals surface area (Å²) in [6, 6.07) is 5.93.